The van der Waals surface area contributed by atoms with Crippen molar-refractivity contribution in [3.05, 3.63) is 94.5 Å². The number of carbonyl (C=O) groups is 1. The molecule has 3 aromatic rings. The van der Waals surface area contributed by atoms with Crippen molar-refractivity contribution in [1.82, 2.24) is 5.32 Å². The Hall–Kier alpha value is -2.83. The van der Waals surface area contributed by atoms with E-state index in [-0.39, 0.29) is 27.6 Å². The second-order valence-corrected chi connectivity index (χ2v) is 9.05. The molecule has 0 saturated carbocycles. The highest BCUT2D eigenvalue weighted by atomic mass is 35.5. The Bertz CT molecular complexity index is 1130. The molecule has 0 fully saturated rings. The summed E-state index contributed by atoms with van der Waals surface area (Å²) in [5.41, 5.74) is 2.74. The molecule has 0 aliphatic rings. The molecule has 3 aromatic carbocycles. The predicted octanol–water partition coefficient (Wildman–Crippen LogP) is 5.33. The number of amides is 1. The molecule has 0 heterocycles. The fourth-order valence-electron chi connectivity index (χ4n) is 3.00. The van der Waals surface area contributed by atoms with E-state index in [1.54, 1.807) is 24.3 Å². The Morgan fingerprint density at radius 1 is 1.00 bits per heavy atom. The first-order valence-corrected chi connectivity index (χ1v) is 11.4. The number of hydrogen-bond donors (Lipinski definition) is 2. The van der Waals surface area contributed by atoms with Crippen molar-refractivity contribution in [2.75, 3.05) is 4.72 Å². The van der Waals surface area contributed by atoms with Crippen LogP contribution in [0.1, 0.15) is 40.9 Å². The largest absolute Gasteiger partial charge is 0.345 e. The van der Waals surface area contributed by atoms with Crippen LogP contribution in [0.25, 0.3) is 0 Å². The number of aryl methyl sites for hydroxylation is 1. The molecule has 0 aliphatic heterocycles. The number of anilines is 1. The van der Waals surface area contributed by atoms with E-state index in [9.17, 15) is 13.2 Å². The Balaban J connectivity index is 1.75. The minimum Gasteiger partial charge on any atom is -0.345 e. The quantitative estimate of drug-likeness (QED) is 0.519. The lowest BCUT2D eigenvalue weighted by Crippen LogP contribution is -2.28. The maximum absolute atomic E-state index is 12.7. The van der Waals surface area contributed by atoms with Crippen LogP contribution in [0, 0.1) is 6.92 Å². The number of halogens is 1. The topological polar surface area (TPSA) is 75.3 Å². The average Bonchev–Trinajstić information content (AvgIpc) is 2.74. The molecule has 0 bridgehead atoms. The van der Waals surface area contributed by atoms with Gasteiger partial charge in [0.25, 0.3) is 15.9 Å². The summed E-state index contributed by atoms with van der Waals surface area (Å²) in [5.74, 6) is -0.276. The van der Waals surface area contributed by atoms with E-state index in [0.717, 1.165) is 17.5 Å². The standard InChI is InChI=1S/C23H23ClN2O3S/c1-3-21(17-11-9-16(2)10-12-17)25-23(27)18-13-14-22(20(24)15-18)26-30(28,29)19-7-5-4-6-8-19/h4-15,21,26H,3H2,1-2H3,(H,25,27)/t21-/m0/s1. The normalized spacial score (nSPS) is 12.2. The number of carbonyl (C=O) groups excluding carboxylic acids is 1. The van der Waals surface area contributed by atoms with Gasteiger partial charge in [0.1, 0.15) is 0 Å². The molecule has 3 rings (SSSR count). The summed E-state index contributed by atoms with van der Waals surface area (Å²) in [5, 5.41) is 3.15. The molecular formula is C23H23ClN2O3S. The van der Waals surface area contributed by atoms with Gasteiger partial charge in [-0.3, -0.25) is 9.52 Å². The van der Waals surface area contributed by atoms with Gasteiger partial charge in [-0.25, -0.2) is 8.42 Å². The second-order valence-electron chi connectivity index (χ2n) is 6.96. The zero-order valence-electron chi connectivity index (χ0n) is 16.7. The van der Waals surface area contributed by atoms with Gasteiger partial charge in [-0.05, 0) is 49.2 Å². The number of sulfonamides is 1. The molecule has 1 atom stereocenters. The van der Waals surface area contributed by atoms with Gasteiger partial charge in [0.2, 0.25) is 0 Å². The third-order valence-corrected chi connectivity index (χ3v) is 6.42. The third kappa shape index (κ3) is 5.20. The van der Waals surface area contributed by atoms with Gasteiger partial charge in [-0.1, -0.05) is 66.6 Å². The number of nitrogens with one attached hydrogen (secondary N) is 2. The van der Waals surface area contributed by atoms with E-state index in [1.807, 2.05) is 38.1 Å². The van der Waals surface area contributed by atoms with E-state index in [1.165, 1.54) is 24.3 Å². The Morgan fingerprint density at radius 3 is 2.27 bits per heavy atom. The van der Waals surface area contributed by atoms with Crippen LogP contribution >= 0.6 is 11.6 Å². The van der Waals surface area contributed by atoms with Crippen LogP contribution in [0.5, 0.6) is 0 Å². The molecule has 0 radical (unpaired) electrons. The Kier molecular flexibility index (Phi) is 6.80. The van der Waals surface area contributed by atoms with Crippen LogP contribution in [-0.2, 0) is 10.0 Å². The molecule has 30 heavy (non-hydrogen) atoms. The summed E-state index contributed by atoms with van der Waals surface area (Å²) < 4.78 is 27.4. The van der Waals surface area contributed by atoms with Crippen molar-refractivity contribution in [2.45, 2.75) is 31.2 Å². The van der Waals surface area contributed by atoms with Gasteiger partial charge in [-0.15, -0.1) is 0 Å². The number of hydrogen-bond acceptors (Lipinski definition) is 3. The molecule has 5 nitrogen and oxygen atoms in total. The Labute approximate surface area is 182 Å². The van der Waals surface area contributed by atoms with Crippen LogP contribution in [0.3, 0.4) is 0 Å². The van der Waals surface area contributed by atoms with Gasteiger partial charge in [-0.2, -0.15) is 0 Å². The first-order chi connectivity index (χ1) is 14.3. The summed E-state index contributed by atoms with van der Waals surface area (Å²) in [6.07, 6.45) is 0.734. The highest BCUT2D eigenvalue weighted by Gasteiger charge is 2.18. The third-order valence-electron chi connectivity index (χ3n) is 4.72. The minimum absolute atomic E-state index is 0.131. The van der Waals surface area contributed by atoms with Crippen LogP contribution in [-0.4, -0.2) is 14.3 Å². The van der Waals surface area contributed by atoms with E-state index < -0.39 is 10.0 Å². The summed E-state index contributed by atoms with van der Waals surface area (Å²) in [4.78, 5) is 12.8. The average molecular weight is 443 g/mol. The molecule has 0 saturated heterocycles. The molecule has 156 valence electrons. The van der Waals surface area contributed by atoms with Crippen molar-refractivity contribution in [1.29, 1.82) is 0 Å². The molecule has 0 unspecified atom stereocenters. The highest BCUT2D eigenvalue weighted by Crippen LogP contribution is 2.26. The lowest BCUT2D eigenvalue weighted by molar-refractivity contribution is 0.0935. The molecule has 0 spiro atoms. The van der Waals surface area contributed by atoms with Crippen molar-refractivity contribution in [3.63, 3.8) is 0 Å². The molecule has 7 heteroatoms. The van der Waals surface area contributed by atoms with E-state index in [2.05, 4.69) is 10.0 Å². The van der Waals surface area contributed by atoms with E-state index in [4.69, 9.17) is 11.6 Å². The molecule has 1 amide bonds. The van der Waals surface area contributed by atoms with E-state index in [0.29, 0.717) is 5.56 Å². The zero-order chi connectivity index (χ0) is 21.7. The first kappa shape index (κ1) is 21.9. The van der Waals surface area contributed by atoms with Crippen molar-refractivity contribution in [2.24, 2.45) is 0 Å². The van der Waals surface area contributed by atoms with E-state index >= 15 is 0 Å². The number of benzene rings is 3. The summed E-state index contributed by atoms with van der Waals surface area (Å²) in [6, 6.07) is 20.4. The van der Waals surface area contributed by atoms with Gasteiger partial charge in [0, 0.05) is 5.56 Å². The fraction of sp³-hybridized carbons (Fsp3) is 0.174. The maximum atomic E-state index is 12.7. The van der Waals surface area contributed by atoms with Crippen molar-refractivity contribution in [3.8, 4) is 0 Å². The molecular weight excluding hydrogens is 420 g/mol. The van der Waals surface area contributed by atoms with Gasteiger partial charge >= 0.3 is 0 Å². The first-order valence-electron chi connectivity index (χ1n) is 9.55. The number of rotatable bonds is 7. The summed E-state index contributed by atoms with van der Waals surface area (Å²) in [7, 11) is -3.77. The lowest BCUT2D eigenvalue weighted by atomic mass is 10.0. The Morgan fingerprint density at radius 2 is 1.67 bits per heavy atom. The lowest BCUT2D eigenvalue weighted by Gasteiger charge is -2.18. The van der Waals surface area contributed by atoms with Crippen LogP contribution in [0.15, 0.2) is 77.7 Å². The molecule has 0 aliphatic carbocycles. The van der Waals surface area contributed by atoms with Crippen molar-refractivity contribution >= 4 is 33.2 Å². The fourth-order valence-corrected chi connectivity index (χ4v) is 4.39. The summed E-state index contributed by atoms with van der Waals surface area (Å²) in [6.45, 7) is 4.01. The maximum Gasteiger partial charge on any atom is 0.261 e. The minimum atomic E-state index is -3.77. The van der Waals surface area contributed by atoms with Crippen LogP contribution in [0.4, 0.5) is 5.69 Å². The SMILES string of the molecule is CC[C@H](NC(=O)c1ccc(NS(=O)(=O)c2ccccc2)c(Cl)c1)c1ccc(C)cc1. The smallest absolute Gasteiger partial charge is 0.261 e. The van der Waals surface area contributed by atoms with Gasteiger partial charge < -0.3 is 5.32 Å². The highest BCUT2D eigenvalue weighted by molar-refractivity contribution is 7.92. The second kappa shape index (κ2) is 9.32. The summed E-state index contributed by atoms with van der Waals surface area (Å²) >= 11 is 6.26. The predicted molar refractivity (Wildman–Crippen MR) is 120 cm³/mol. The van der Waals surface area contributed by atoms with Gasteiger partial charge in [0.15, 0.2) is 0 Å². The van der Waals surface area contributed by atoms with Crippen LogP contribution in [0.2, 0.25) is 5.02 Å². The molecule has 2 N–H and O–H groups in total. The van der Waals surface area contributed by atoms with Gasteiger partial charge in [0.05, 0.1) is 21.6 Å². The van der Waals surface area contributed by atoms with Crippen molar-refractivity contribution < 1.29 is 13.2 Å². The monoisotopic (exact) mass is 442 g/mol. The molecule has 0 aromatic heterocycles. The van der Waals surface area contributed by atoms with Crippen LogP contribution < -0.4 is 10.0 Å². The zero-order valence-corrected chi connectivity index (χ0v) is 18.3.